The number of aryl methyl sites for hydroxylation is 1. The van der Waals surface area contributed by atoms with Gasteiger partial charge in [-0.2, -0.15) is 0 Å². The summed E-state index contributed by atoms with van der Waals surface area (Å²) in [7, 11) is -3.38. The zero-order valence-corrected chi connectivity index (χ0v) is 14.2. The molecule has 0 spiro atoms. The van der Waals surface area contributed by atoms with Crippen molar-refractivity contribution < 1.29 is 13.2 Å². The van der Waals surface area contributed by atoms with Gasteiger partial charge in [-0.1, -0.05) is 25.1 Å². The molecule has 0 fully saturated rings. The van der Waals surface area contributed by atoms with E-state index in [-0.39, 0.29) is 11.9 Å². The van der Waals surface area contributed by atoms with Crippen molar-refractivity contribution in [3.63, 3.8) is 0 Å². The van der Waals surface area contributed by atoms with Gasteiger partial charge in [0.1, 0.15) is 0 Å². The number of rotatable bonds is 6. The predicted octanol–water partition coefficient (Wildman–Crippen LogP) is 2.44. The van der Waals surface area contributed by atoms with Crippen molar-refractivity contribution in [1.29, 1.82) is 0 Å². The van der Waals surface area contributed by atoms with Crippen molar-refractivity contribution >= 4 is 21.6 Å². The van der Waals surface area contributed by atoms with Gasteiger partial charge in [-0.3, -0.25) is 9.52 Å². The van der Waals surface area contributed by atoms with Crippen LogP contribution in [0, 0.1) is 0 Å². The second kappa shape index (κ2) is 6.87. The minimum Gasteiger partial charge on any atom is -0.364 e. The number of aromatic amines is 1. The van der Waals surface area contributed by atoms with Crippen LogP contribution in [0.2, 0.25) is 0 Å². The van der Waals surface area contributed by atoms with E-state index in [1.165, 1.54) is 0 Å². The molecule has 2 rings (SSSR count). The van der Waals surface area contributed by atoms with Gasteiger partial charge in [-0.25, -0.2) is 8.42 Å². The van der Waals surface area contributed by atoms with Gasteiger partial charge in [-0.15, -0.1) is 0 Å². The maximum atomic E-state index is 12.4. The highest BCUT2D eigenvalue weighted by molar-refractivity contribution is 7.92. The number of benzene rings is 1. The summed E-state index contributed by atoms with van der Waals surface area (Å²) in [5, 5.41) is 2.91. The molecule has 1 atom stereocenters. The fraction of sp³-hybridized carbons (Fsp3) is 0.312. The summed E-state index contributed by atoms with van der Waals surface area (Å²) in [5.74, 6) is -0.190. The molecule has 3 N–H and O–H groups in total. The van der Waals surface area contributed by atoms with Gasteiger partial charge in [0.25, 0.3) is 5.91 Å². The van der Waals surface area contributed by atoms with Gasteiger partial charge in [0.2, 0.25) is 10.0 Å². The Morgan fingerprint density at radius 3 is 2.61 bits per heavy atom. The van der Waals surface area contributed by atoms with E-state index in [4.69, 9.17) is 0 Å². The molecule has 0 aliphatic rings. The van der Waals surface area contributed by atoms with E-state index < -0.39 is 10.0 Å². The van der Waals surface area contributed by atoms with Crippen LogP contribution in [0.1, 0.15) is 41.5 Å². The molecule has 1 heterocycles. The Hall–Kier alpha value is -2.28. The second-order valence-electron chi connectivity index (χ2n) is 5.38. The molecule has 23 heavy (non-hydrogen) atoms. The number of anilines is 1. The summed E-state index contributed by atoms with van der Waals surface area (Å²) >= 11 is 0. The topological polar surface area (TPSA) is 91.1 Å². The van der Waals surface area contributed by atoms with Gasteiger partial charge in [0.05, 0.1) is 23.5 Å². The number of aromatic nitrogens is 1. The maximum Gasteiger partial charge on any atom is 0.253 e. The Balaban J connectivity index is 2.21. The Bertz CT molecular complexity index is 796. The number of carbonyl (C=O) groups is 1. The quantitative estimate of drug-likeness (QED) is 0.757. The lowest BCUT2D eigenvalue weighted by atomic mass is 10.1. The summed E-state index contributed by atoms with van der Waals surface area (Å²) < 4.78 is 25.4. The van der Waals surface area contributed by atoms with E-state index >= 15 is 0 Å². The zero-order valence-electron chi connectivity index (χ0n) is 13.4. The van der Waals surface area contributed by atoms with Crippen LogP contribution in [0.5, 0.6) is 0 Å². The van der Waals surface area contributed by atoms with E-state index in [9.17, 15) is 13.2 Å². The van der Waals surface area contributed by atoms with Gasteiger partial charge < -0.3 is 10.3 Å². The molecule has 124 valence electrons. The first-order valence-electron chi connectivity index (χ1n) is 7.35. The Morgan fingerprint density at radius 1 is 1.26 bits per heavy atom. The molecule has 0 saturated heterocycles. The average Bonchev–Trinajstić information content (AvgIpc) is 2.94. The van der Waals surface area contributed by atoms with Crippen molar-refractivity contribution in [3.05, 3.63) is 53.3 Å². The highest BCUT2D eigenvalue weighted by atomic mass is 32.2. The van der Waals surface area contributed by atoms with Crippen LogP contribution in [0.4, 0.5) is 5.69 Å². The highest BCUT2D eigenvalue weighted by Crippen LogP contribution is 2.24. The van der Waals surface area contributed by atoms with Gasteiger partial charge in [0.15, 0.2) is 0 Å². The smallest absolute Gasteiger partial charge is 0.253 e. The lowest BCUT2D eigenvalue weighted by molar-refractivity contribution is 0.0939. The highest BCUT2D eigenvalue weighted by Gasteiger charge is 2.17. The van der Waals surface area contributed by atoms with Crippen molar-refractivity contribution in [2.75, 3.05) is 11.0 Å². The number of hydrogen-bond donors (Lipinski definition) is 3. The van der Waals surface area contributed by atoms with Crippen LogP contribution in [0.3, 0.4) is 0 Å². The van der Waals surface area contributed by atoms with Crippen molar-refractivity contribution in [1.82, 2.24) is 10.3 Å². The molecule has 7 heteroatoms. The Labute approximate surface area is 136 Å². The van der Waals surface area contributed by atoms with Crippen LogP contribution in [-0.4, -0.2) is 25.6 Å². The number of sulfonamides is 1. The Kier molecular flexibility index (Phi) is 5.10. The molecular formula is C16H21N3O3S. The molecule has 6 nitrogen and oxygen atoms in total. The fourth-order valence-corrected chi connectivity index (χ4v) is 3.01. The number of amides is 1. The largest absolute Gasteiger partial charge is 0.364 e. The monoisotopic (exact) mass is 335 g/mol. The molecule has 1 aromatic heterocycles. The lowest BCUT2D eigenvalue weighted by Crippen LogP contribution is -2.28. The maximum absolute atomic E-state index is 12.4. The number of hydrogen-bond acceptors (Lipinski definition) is 3. The summed E-state index contributed by atoms with van der Waals surface area (Å²) in [5.41, 5.74) is 2.65. The van der Waals surface area contributed by atoms with E-state index in [1.54, 1.807) is 36.5 Å². The number of carbonyl (C=O) groups excluding carboxylic acids is 1. The van der Waals surface area contributed by atoms with Gasteiger partial charge in [-0.05, 0) is 31.0 Å². The summed E-state index contributed by atoms with van der Waals surface area (Å²) in [6.45, 7) is 3.79. The van der Waals surface area contributed by atoms with Crippen LogP contribution in [0.15, 0.2) is 36.5 Å². The molecule has 0 aliphatic heterocycles. The normalized spacial score (nSPS) is 12.7. The Morgan fingerprint density at radius 2 is 1.96 bits per heavy atom. The second-order valence-corrected chi connectivity index (χ2v) is 7.13. The van der Waals surface area contributed by atoms with Crippen LogP contribution >= 0.6 is 0 Å². The minimum absolute atomic E-state index is 0.190. The zero-order chi connectivity index (χ0) is 17.0. The third-order valence-electron chi connectivity index (χ3n) is 3.50. The molecule has 0 aliphatic carbocycles. The van der Waals surface area contributed by atoms with Gasteiger partial charge >= 0.3 is 0 Å². The van der Waals surface area contributed by atoms with Crippen LogP contribution in [-0.2, 0) is 16.4 Å². The van der Waals surface area contributed by atoms with Crippen LogP contribution < -0.4 is 10.0 Å². The summed E-state index contributed by atoms with van der Waals surface area (Å²) in [6.07, 6.45) is 3.56. The molecule has 0 bridgehead atoms. The standard InChI is InChI=1S/C16H21N3O3S/c1-4-14-13(9-10-17-14)16(20)18-11(2)12-7-5-6-8-15(12)19-23(3,21)22/h5-11,17,19H,4H2,1-3H3,(H,18,20). The first kappa shape index (κ1) is 17.1. The van der Waals surface area contributed by atoms with E-state index in [1.807, 2.05) is 13.8 Å². The van der Waals surface area contributed by atoms with E-state index in [0.717, 1.165) is 18.4 Å². The van der Waals surface area contributed by atoms with Crippen LogP contribution in [0.25, 0.3) is 0 Å². The van der Waals surface area contributed by atoms with Crippen molar-refractivity contribution in [2.45, 2.75) is 26.3 Å². The van der Waals surface area contributed by atoms with Crippen molar-refractivity contribution in [2.24, 2.45) is 0 Å². The SMILES string of the molecule is CCc1[nH]ccc1C(=O)NC(C)c1ccccc1NS(C)(=O)=O. The third-order valence-corrected chi connectivity index (χ3v) is 4.09. The molecule has 1 amide bonds. The fourth-order valence-electron chi connectivity index (χ4n) is 2.43. The van der Waals surface area contributed by atoms with Gasteiger partial charge in [0, 0.05) is 11.9 Å². The van der Waals surface area contributed by atoms with E-state index in [0.29, 0.717) is 16.8 Å². The molecule has 0 saturated carbocycles. The minimum atomic E-state index is -3.38. The third kappa shape index (κ3) is 4.35. The average molecular weight is 335 g/mol. The predicted molar refractivity (Wildman–Crippen MR) is 91.0 cm³/mol. The molecule has 1 aromatic carbocycles. The number of H-pyrrole nitrogens is 1. The molecular weight excluding hydrogens is 314 g/mol. The van der Waals surface area contributed by atoms with Crippen molar-refractivity contribution in [3.8, 4) is 0 Å². The number of para-hydroxylation sites is 1. The number of nitrogens with one attached hydrogen (secondary N) is 3. The molecule has 2 aromatic rings. The first-order valence-corrected chi connectivity index (χ1v) is 9.24. The summed E-state index contributed by atoms with van der Waals surface area (Å²) in [4.78, 5) is 15.4. The first-order chi connectivity index (χ1) is 10.8. The van der Waals surface area contributed by atoms with E-state index in [2.05, 4.69) is 15.0 Å². The lowest BCUT2D eigenvalue weighted by Gasteiger charge is -2.18. The summed E-state index contributed by atoms with van der Waals surface area (Å²) in [6, 6.07) is 8.41. The molecule has 1 unspecified atom stereocenters. The molecule has 0 radical (unpaired) electrons.